The van der Waals surface area contributed by atoms with Crippen molar-refractivity contribution in [1.29, 1.82) is 0 Å². The lowest BCUT2D eigenvalue weighted by atomic mass is 10.4. The number of nitrogens with one attached hydrogen (secondary N) is 1. The minimum absolute atomic E-state index is 0.533. The Kier molecular flexibility index (Phi) is 2.78. The van der Waals surface area contributed by atoms with Crippen LogP contribution in [0.15, 0.2) is 12.8 Å². The van der Waals surface area contributed by atoms with Gasteiger partial charge < -0.3 is 11.2 Å². The topological polar surface area (TPSA) is 94.8 Å². The van der Waals surface area contributed by atoms with Gasteiger partial charge in [-0.25, -0.2) is 0 Å². The molecule has 0 radical (unpaired) electrons. The van der Waals surface area contributed by atoms with E-state index in [1.165, 1.54) is 0 Å². The molecule has 1 aromatic rings. The van der Waals surface area contributed by atoms with Gasteiger partial charge in [0.1, 0.15) is 5.69 Å². The zero-order valence-electron chi connectivity index (χ0n) is 6.70. The number of nitrogens with zero attached hydrogens (tertiary/aromatic N) is 3. The lowest BCUT2D eigenvalue weighted by Gasteiger charge is -1.96. The number of hydrogen-bond acceptors (Lipinski definition) is 5. The molecule has 0 aromatic carbocycles. The second-order valence-electron chi connectivity index (χ2n) is 2.28. The zero-order chi connectivity index (χ0) is 8.97. The van der Waals surface area contributed by atoms with Crippen molar-refractivity contribution < 1.29 is 0 Å². The molecule has 0 aliphatic carbocycles. The van der Waals surface area contributed by atoms with Crippen molar-refractivity contribution in [3.63, 3.8) is 0 Å². The Morgan fingerprint density at radius 2 is 2.50 bits per heavy atom. The van der Waals surface area contributed by atoms with Crippen molar-refractivity contribution in [2.75, 3.05) is 6.54 Å². The predicted molar refractivity (Wildman–Crippen MR) is 45.4 cm³/mol. The molecule has 0 saturated heterocycles. The average Bonchev–Trinajstić information content (AvgIpc) is 2.52. The summed E-state index contributed by atoms with van der Waals surface area (Å²) >= 11 is 0. The summed E-state index contributed by atoms with van der Waals surface area (Å²) in [6.07, 6.45) is 1.73. The number of aromatic nitrogens is 3. The van der Waals surface area contributed by atoms with Gasteiger partial charge in [-0.1, -0.05) is 11.8 Å². The highest BCUT2D eigenvalue weighted by Gasteiger charge is 2.01. The van der Waals surface area contributed by atoms with Crippen LogP contribution in [-0.2, 0) is 6.54 Å². The number of hydrogen-bond donors (Lipinski definition) is 3. The molecule has 1 rings (SSSR count). The fraction of sp³-hybridized carbons (Fsp3) is 0.333. The monoisotopic (exact) mass is 168 g/mol. The molecule has 0 spiro atoms. The molecule has 0 unspecified atom stereocenters. The van der Waals surface area contributed by atoms with Crippen molar-refractivity contribution in [1.82, 2.24) is 20.4 Å². The van der Waals surface area contributed by atoms with E-state index in [1.54, 1.807) is 10.9 Å². The molecular weight excluding hydrogens is 156 g/mol. The first-order valence-corrected chi connectivity index (χ1v) is 3.54. The molecule has 1 aromatic heterocycles. The fourth-order valence-electron chi connectivity index (χ4n) is 0.752. The summed E-state index contributed by atoms with van der Waals surface area (Å²) in [6, 6.07) is 0. The third kappa shape index (κ3) is 1.80. The highest BCUT2D eigenvalue weighted by molar-refractivity contribution is 5.55. The number of hydrazine groups is 1. The van der Waals surface area contributed by atoms with Crippen LogP contribution in [0.1, 0.15) is 5.69 Å². The molecule has 5 N–H and O–H groups in total. The molecule has 0 atom stereocenters. The zero-order valence-corrected chi connectivity index (χ0v) is 6.70. The van der Waals surface area contributed by atoms with Gasteiger partial charge >= 0.3 is 0 Å². The molecule has 0 saturated carbocycles. The Labute approximate surface area is 70.2 Å². The Hall–Kier alpha value is -1.40. The van der Waals surface area contributed by atoms with Crippen molar-refractivity contribution >= 4 is 5.70 Å². The van der Waals surface area contributed by atoms with Crippen LogP contribution < -0.4 is 17.0 Å². The van der Waals surface area contributed by atoms with E-state index < -0.39 is 0 Å². The van der Waals surface area contributed by atoms with Gasteiger partial charge in [-0.15, -0.1) is 5.10 Å². The van der Waals surface area contributed by atoms with E-state index in [0.29, 0.717) is 24.5 Å². The van der Waals surface area contributed by atoms with Gasteiger partial charge in [0.15, 0.2) is 0 Å². The maximum atomic E-state index is 5.33. The highest BCUT2D eigenvalue weighted by Crippen LogP contribution is 2.01. The summed E-state index contributed by atoms with van der Waals surface area (Å²) in [7, 11) is 0. The summed E-state index contributed by atoms with van der Waals surface area (Å²) in [4.78, 5) is 0. The summed E-state index contributed by atoms with van der Waals surface area (Å²) in [5.74, 6) is 5.14. The summed E-state index contributed by atoms with van der Waals surface area (Å²) in [6.45, 7) is 4.81. The molecule has 0 amide bonds. The Bertz CT molecular complexity index is 265. The first-order valence-electron chi connectivity index (χ1n) is 3.54. The van der Waals surface area contributed by atoms with Gasteiger partial charge in [0, 0.05) is 6.54 Å². The number of nitrogens with two attached hydrogens (primary N) is 2. The normalized spacial score (nSPS) is 9.83. The molecule has 0 bridgehead atoms. The van der Waals surface area contributed by atoms with Crippen LogP contribution in [0.5, 0.6) is 0 Å². The molecule has 6 nitrogen and oxygen atoms in total. The second-order valence-corrected chi connectivity index (χ2v) is 2.28. The Balaban J connectivity index is 2.70. The third-order valence-corrected chi connectivity index (χ3v) is 1.38. The Morgan fingerprint density at radius 1 is 1.75 bits per heavy atom. The smallest absolute Gasteiger partial charge is 0.129 e. The quantitative estimate of drug-likeness (QED) is 0.382. The second kappa shape index (κ2) is 3.84. The van der Waals surface area contributed by atoms with E-state index in [9.17, 15) is 0 Å². The van der Waals surface area contributed by atoms with E-state index in [2.05, 4.69) is 22.3 Å². The average molecular weight is 168 g/mol. The summed E-state index contributed by atoms with van der Waals surface area (Å²) < 4.78 is 1.64. The first-order chi connectivity index (χ1) is 5.77. The van der Waals surface area contributed by atoms with E-state index in [1.807, 2.05) is 0 Å². The van der Waals surface area contributed by atoms with E-state index in [4.69, 9.17) is 11.6 Å². The van der Waals surface area contributed by atoms with E-state index in [-0.39, 0.29) is 0 Å². The lowest BCUT2D eigenvalue weighted by Crippen LogP contribution is -2.19. The molecular formula is C6H12N6. The third-order valence-electron chi connectivity index (χ3n) is 1.38. The van der Waals surface area contributed by atoms with Gasteiger partial charge in [-0.3, -0.25) is 10.5 Å². The molecule has 6 heteroatoms. The van der Waals surface area contributed by atoms with Crippen molar-refractivity contribution in [3.8, 4) is 0 Å². The maximum Gasteiger partial charge on any atom is 0.129 e. The first kappa shape index (κ1) is 8.69. The maximum absolute atomic E-state index is 5.33. The molecule has 0 fully saturated rings. The summed E-state index contributed by atoms with van der Waals surface area (Å²) in [5.41, 5.74) is 8.89. The van der Waals surface area contributed by atoms with Crippen LogP contribution in [0.25, 0.3) is 5.70 Å². The van der Waals surface area contributed by atoms with E-state index in [0.717, 1.165) is 0 Å². The SMILES string of the molecule is C=C(NN)c1cn(CCN)nn1. The fourth-order valence-corrected chi connectivity index (χ4v) is 0.752. The lowest BCUT2D eigenvalue weighted by molar-refractivity contribution is 0.598. The Morgan fingerprint density at radius 3 is 3.08 bits per heavy atom. The van der Waals surface area contributed by atoms with Crippen molar-refractivity contribution in [2.45, 2.75) is 6.54 Å². The van der Waals surface area contributed by atoms with E-state index >= 15 is 0 Å². The number of rotatable bonds is 4. The highest BCUT2D eigenvalue weighted by atomic mass is 15.4. The molecule has 66 valence electrons. The predicted octanol–water partition coefficient (Wildman–Crippen LogP) is -1.33. The molecule has 0 aliphatic rings. The van der Waals surface area contributed by atoms with Gasteiger partial charge in [-0.05, 0) is 0 Å². The molecule has 0 aliphatic heterocycles. The van der Waals surface area contributed by atoms with Gasteiger partial charge in [0.25, 0.3) is 0 Å². The molecule has 1 heterocycles. The van der Waals surface area contributed by atoms with Gasteiger partial charge in [-0.2, -0.15) is 0 Å². The summed E-state index contributed by atoms with van der Waals surface area (Å²) in [5, 5.41) is 7.63. The van der Waals surface area contributed by atoms with Crippen LogP contribution in [0.3, 0.4) is 0 Å². The molecule has 12 heavy (non-hydrogen) atoms. The standard InChI is InChI=1S/C6H12N6/c1-5(9-8)6-4-12(3-2-7)11-10-6/h4,9H,1-3,7-8H2. The minimum atomic E-state index is 0.533. The largest absolute Gasteiger partial charge is 0.329 e. The van der Waals surface area contributed by atoms with Crippen LogP contribution in [0.4, 0.5) is 0 Å². The van der Waals surface area contributed by atoms with Gasteiger partial charge in [0.05, 0.1) is 18.4 Å². The van der Waals surface area contributed by atoms with Crippen LogP contribution in [0.2, 0.25) is 0 Å². The minimum Gasteiger partial charge on any atom is -0.329 e. The van der Waals surface area contributed by atoms with Crippen LogP contribution in [-0.4, -0.2) is 21.5 Å². The van der Waals surface area contributed by atoms with Gasteiger partial charge in [0.2, 0.25) is 0 Å². The van der Waals surface area contributed by atoms with Crippen LogP contribution in [0, 0.1) is 0 Å². The van der Waals surface area contributed by atoms with Crippen molar-refractivity contribution in [2.24, 2.45) is 11.6 Å². The van der Waals surface area contributed by atoms with Crippen molar-refractivity contribution in [3.05, 3.63) is 18.5 Å². The van der Waals surface area contributed by atoms with Crippen LogP contribution >= 0.6 is 0 Å².